The van der Waals surface area contributed by atoms with Crippen molar-refractivity contribution in [2.75, 3.05) is 0 Å². The third kappa shape index (κ3) is 1.63. The van der Waals surface area contributed by atoms with Gasteiger partial charge < -0.3 is 0 Å². The lowest BCUT2D eigenvalue weighted by Gasteiger charge is -1.97. The molecule has 0 amide bonds. The first-order valence-electron chi connectivity index (χ1n) is 4.94. The fourth-order valence-electron chi connectivity index (χ4n) is 1.48. The summed E-state index contributed by atoms with van der Waals surface area (Å²) in [4.78, 5) is 4.15. The van der Waals surface area contributed by atoms with E-state index >= 15 is 0 Å². The zero-order chi connectivity index (χ0) is 10.3. The topological polar surface area (TPSA) is 30.7 Å². The molecule has 1 aromatic heterocycles. The lowest BCUT2D eigenvalue weighted by molar-refractivity contribution is 0.636. The van der Waals surface area contributed by atoms with Gasteiger partial charge in [0.25, 0.3) is 0 Å². The van der Waals surface area contributed by atoms with Crippen molar-refractivity contribution in [2.45, 2.75) is 18.9 Å². The van der Waals surface area contributed by atoms with E-state index in [-0.39, 0.29) is 0 Å². The summed E-state index contributed by atoms with van der Waals surface area (Å²) in [6.07, 6.45) is 5.26. The molecule has 3 rings (SSSR count). The van der Waals surface area contributed by atoms with Gasteiger partial charge in [-0.25, -0.2) is 9.67 Å². The van der Waals surface area contributed by atoms with Gasteiger partial charge in [-0.1, -0.05) is 23.7 Å². The molecule has 0 unspecified atom stereocenters. The maximum Gasteiger partial charge on any atom is 0.196 e. The monoisotopic (exact) mass is 218 g/mol. The molecule has 1 radical (unpaired) electrons. The number of aromatic nitrogens is 3. The van der Waals surface area contributed by atoms with Crippen LogP contribution in [0.4, 0.5) is 0 Å². The number of nitrogens with zero attached hydrogens (tertiary/aromatic N) is 3. The lowest BCUT2D eigenvalue weighted by Crippen LogP contribution is -1.94. The summed E-state index contributed by atoms with van der Waals surface area (Å²) in [6.45, 7) is 0. The fourth-order valence-corrected chi connectivity index (χ4v) is 1.70. The first-order chi connectivity index (χ1) is 7.34. The van der Waals surface area contributed by atoms with Crippen LogP contribution in [0.2, 0.25) is 5.02 Å². The quantitative estimate of drug-likeness (QED) is 0.776. The second kappa shape index (κ2) is 3.35. The molecule has 0 aliphatic heterocycles. The second-order valence-electron chi connectivity index (χ2n) is 3.69. The molecule has 1 aromatic carbocycles. The van der Waals surface area contributed by atoms with Crippen LogP contribution >= 0.6 is 11.6 Å². The van der Waals surface area contributed by atoms with Crippen LogP contribution < -0.4 is 0 Å². The van der Waals surface area contributed by atoms with E-state index in [9.17, 15) is 0 Å². The first-order valence-corrected chi connectivity index (χ1v) is 5.31. The Morgan fingerprint density at radius 2 is 2.13 bits per heavy atom. The van der Waals surface area contributed by atoms with Gasteiger partial charge in [0.2, 0.25) is 0 Å². The van der Waals surface area contributed by atoms with Crippen molar-refractivity contribution >= 4 is 11.6 Å². The van der Waals surface area contributed by atoms with Crippen LogP contribution in [-0.2, 0) is 0 Å². The maximum atomic E-state index is 6.06. The highest BCUT2D eigenvalue weighted by Crippen LogP contribution is 2.34. The Kier molecular flexibility index (Phi) is 1.99. The molecule has 0 spiro atoms. The number of benzene rings is 1. The molecule has 0 atom stereocenters. The Bertz CT molecular complexity index is 488. The Morgan fingerprint density at radius 3 is 2.87 bits per heavy atom. The highest BCUT2D eigenvalue weighted by atomic mass is 35.5. The van der Waals surface area contributed by atoms with Crippen molar-refractivity contribution in [3.8, 4) is 11.4 Å². The van der Waals surface area contributed by atoms with Gasteiger partial charge in [0, 0.05) is 5.56 Å². The van der Waals surface area contributed by atoms with E-state index in [0.717, 1.165) is 5.56 Å². The minimum Gasteiger partial charge on any atom is -0.239 e. The highest BCUT2D eigenvalue weighted by molar-refractivity contribution is 6.33. The van der Waals surface area contributed by atoms with E-state index < -0.39 is 0 Å². The van der Waals surface area contributed by atoms with Gasteiger partial charge in [-0.3, -0.25) is 0 Å². The predicted octanol–water partition coefficient (Wildman–Crippen LogP) is 2.73. The number of rotatable bonds is 2. The molecule has 75 valence electrons. The zero-order valence-corrected chi connectivity index (χ0v) is 8.78. The van der Waals surface area contributed by atoms with Crippen molar-refractivity contribution in [1.82, 2.24) is 14.8 Å². The summed E-state index contributed by atoms with van der Waals surface area (Å²) >= 11 is 6.06. The molecule has 1 aliphatic carbocycles. The van der Waals surface area contributed by atoms with Crippen LogP contribution in [0, 0.1) is 6.33 Å². The summed E-state index contributed by atoms with van der Waals surface area (Å²) in [5.74, 6) is 0.660. The second-order valence-corrected chi connectivity index (χ2v) is 4.10. The van der Waals surface area contributed by atoms with Gasteiger partial charge in [0.05, 0.1) is 11.1 Å². The average Bonchev–Trinajstić information content (AvgIpc) is 2.99. The minimum absolute atomic E-state index is 0.508. The molecule has 0 N–H and O–H groups in total. The van der Waals surface area contributed by atoms with Crippen molar-refractivity contribution in [2.24, 2.45) is 0 Å². The number of hydrogen-bond donors (Lipinski definition) is 0. The van der Waals surface area contributed by atoms with E-state index in [1.165, 1.54) is 12.8 Å². The molecule has 0 bridgehead atoms. The van der Waals surface area contributed by atoms with Crippen LogP contribution in [0.25, 0.3) is 11.4 Å². The van der Waals surface area contributed by atoms with Gasteiger partial charge in [-0.2, -0.15) is 0 Å². The van der Waals surface area contributed by atoms with E-state index in [1.807, 2.05) is 24.3 Å². The minimum atomic E-state index is 0.508. The fraction of sp³-hybridized carbons (Fsp3) is 0.273. The Hall–Kier alpha value is -1.35. The van der Waals surface area contributed by atoms with Gasteiger partial charge >= 0.3 is 0 Å². The maximum absolute atomic E-state index is 6.06. The molecule has 1 saturated carbocycles. The van der Waals surface area contributed by atoms with Crippen LogP contribution in [0.1, 0.15) is 18.9 Å². The van der Waals surface area contributed by atoms with Gasteiger partial charge in [-0.15, -0.1) is 5.10 Å². The van der Waals surface area contributed by atoms with Crippen LogP contribution in [-0.4, -0.2) is 14.8 Å². The normalized spacial score (nSPS) is 15.5. The van der Waals surface area contributed by atoms with Gasteiger partial charge in [0.15, 0.2) is 12.2 Å². The van der Waals surface area contributed by atoms with E-state index in [4.69, 9.17) is 11.6 Å². The first kappa shape index (κ1) is 8.92. The molecular weight excluding hydrogens is 210 g/mol. The summed E-state index contributed by atoms with van der Waals surface area (Å²) in [5.41, 5.74) is 0.870. The Balaban J connectivity index is 2.01. The predicted molar refractivity (Wildman–Crippen MR) is 57.6 cm³/mol. The smallest absolute Gasteiger partial charge is 0.196 e. The van der Waals surface area contributed by atoms with E-state index in [1.54, 1.807) is 4.68 Å². The SMILES string of the molecule is Clc1ccccc1-c1n[c]n(C2CC2)n1. The third-order valence-corrected chi connectivity index (χ3v) is 2.80. The zero-order valence-electron chi connectivity index (χ0n) is 8.02. The average molecular weight is 219 g/mol. The molecule has 2 aromatic rings. The summed E-state index contributed by atoms with van der Waals surface area (Å²) < 4.78 is 1.80. The van der Waals surface area contributed by atoms with Crippen molar-refractivity contribution in [3.63, 3.8) is 0 Å². The molecule has 1 fully saturated rings. The highest BCUT2D eigenvalue weighted by Gasteiger charge is 2.25. The van der Waals surface area contributed by atoms with Crippen molar-refractivity contribution in [3.05, 3.63) is 35.6 Å². The Morgan fingerprint density at radius 1 is 1.33 bits per heavy atom. The van der Waals surface area contributed by atoms with Gasteiger partial charge in [0.1, 0.15) is 0 Å². The molecule has 15 heavy (non-hydrogen) atoms. The van der Waals surface area contributed by atoms with Crippen molar-refractivity contribution in [1.29, 1.82) is 0 Å². The third-order valence-electron chi connectivity index (χ3n) is 2.47. The lowest BCUT2D eigenvalue weighted by atomic mass is 10.2. The summed E-state index contributed by atoms with van der Waals surface area (Å²) in [6, 6.07) is 8.10. The van der Waals surface area contributed by atoms with Crippen LogP contribution in [0.5, 0.6) is 0 Å². The van der Waals surface area contributed by atoms with E-state index in [0.29, 0.717) is 16.9 Å². The molecule has 4 heteroatoms. The van der Waals surface area contributed by atoms with Crippen molar-refractivity contribution < 1.29 is 0 Å². The summed E-state index contributed by atoms with van der Waals surface area (Å²) in [7, 11) is 0. The molecule has 1 heterocycles. The molecule has 3 nitrogen and oxygen atoms in total. The standard InChI is InChI=1S/C11H9ClN3/c12-10-4-2-1-3-9(10)11-13-7-15(14-11)8-5-6-8/h1-4,8H,5-6H2. The van der Waals surface area contributed by atoms with Crippen LogP contribution in [0.15, 0.2) is 24.3 Å². The van der Waals surface area contributed by atoms with Crippen LogP contribution in [0.3, 0.4) is 0 Å². The Labute approximate surface area is 92.7 Å². The molecule has 0 saturated heterocycles. The molecule has 1 aliphatic rings. The summed E-state index contributed by atoms with van der Waals surface area (Å²) in [5, 5.41) is 5.05. The molecular formula is C11H9ClN3. The number of halogens is 1. The van der Waals surface area contributed by atoms with Gasteiger partial charge in [-0.05, 0) is 25.0 Å². The largest absolute Gasteiger partial charge is 0.239 e. The van der Waals surface area contributed by atoms with E-state index in [2.05, 4.69) is 16.4 Å². The number of hydrogen-bond acceptors (Lipinski definition) is 2.